The minimum atomic E-state index is 0.0527. The molecule has 1 aliphatic heterocycles. The summed E-state index contributed by atoms with van der Waals surface area (Å²) in [4.78, 5) is 19.6. The molecule has 3 heterocycles. The van der Waals surface area contributed by atoms with Gasteiger partial charge in [-0.3, -0.25) is 4.79 Å². The summed E-state index contributed by atoms with van der Waals surface area (Å²) in [7, 11) is 0. The summed E-state index contributed by atoms with van der Waals surface area (Å²) in [5, 5.41) is 21.0. The van der Waals surface area contributed by atoms with Gasteiger partial charge >= 0.3 is 0 Å². The lowest BCUT2D eigenvalue weighted by molar-refractivity contribution is 0.164. The molecule has 34 heavy (non-hydrogen) atoms. The van der Waals surface area contributed by atoms with Crippen LogP contribution in [0.5, 0.6) is 0 Å². The van der Waals surface area contributed by atoms with Crippen molar-refractivity contribution in [2.24, 2.45) is 0 Å². The number of likely N-dealkylation sites (tertiary alicyclic amines) is 1. The number of aliphatic hydroxyl groups is 1. The molecule has 1 fully saturated rings. The molecule has 2 aromatic carbocycles. The number of β-amino-alcohol motifs (C(OH)–C–C–N with tert-alkyl or cyclic N) is 1. The van der Waals surface area contributed by atoms with Gasteiger partial charge in [0.2, 0.25) is 0 Å². The van der Waals surface area contributed by atoms with Gasteiger partial charge in [-0.15, -0.1) is 0 Å². The Labute approximate surface area is 199 Å². The number of fused-ring (bicyclic) bond motifs is 4. The molecule has 0 aliphatic carbocycles. The zero-order valence-electron chi connectivity index (χ0n) is 20.2. The van der Waals surface area contributed by atoms with Crippen molar-refractivity contribution in [1.82, 2.24) is 14.5 Å². The Kier molecular flexibility index (Phi) is 5.93. The maximum Gasteiger partial charge on any atom is 0.199 e. The summed E-state index contributed by atoms with van der Waals surface area (Å²) in [6.45, 7) is 9.39. The lowest BCUT2D eigenvalue weighted by Crippen LogP contribution is -2.35. The van der Waals surface area contributed by atoms with Crippen LogP contribution in [-0.4, -0.2) is 45.8 Å². The predicted molar refractivity (Wildman–Crippen MR) is 138 cm³/mol. The van der Waals surface area contributed by atoms with E-state index in [1.807, 2.05) is 12.1 Å². The van der Waals surface area contributed by atoms with Gasteiger partial charge < -0.3 is 19.6 Å². The number of H-pyrrole nitrogens is 1. The van der Waals surface area contributed by atoms with E-state index >= 15 is 0 Å². The van der Waals surface area contributed by atoms with E-state index in [0.29, 0.717) is 16.9 Å². The van der Waals surface area contributed by atoms with Gasteiger partial charge in [-0.25, -0.2) is 0 Å². The minimum absolute atomic E-state index is 0.0527. The number of aryl methyl sites for hydroxylation is 1. The first-order valence-corrected chi connectivity index (χ1v) is 12.4. The number of piperidine rings is 1. The van der Waals surface area contributed by atoms with Gasteiger partial charge in [-0.1, -0.05) is 13.0 Å². The van der Waals surface area contributed by atoms with E-state index in [0.717, 1.165) is 66.3 Å². The second kappa shape index (κ2) is 8.90. The summed E-state index contributed by atoms with van der Waals surface area (Å²) in [5.41, 5.74) is 5.87. The van der Waals surface area contributed by atoms with E-state index in [1.165, 1.54) is 11.1 Å². The van der Waals surface area contributed by atoms with Crippen LogP contribution < -0.4 is 5.43 Å². The highest BCUT2D eigenvalue weighted by Crippen LogP contribution is 2.35. The van der Waals surface area contributed by atoms with Crippen molar-refractivity contribution in [2.75, 3.05) is 26.2 Å². The maximum atomic E-state index is 13.8. The molecule has 0 atom stereocenters. The lowest BCUT2D eigenvalue weighted by atomic mass is 9.84. The highest BCUT2D eigenvalue weighted by molar-refractivity contribution is 6.10. The Bertz CT molecular complexity index is 1480. The summed E-state index contributed by atoms with van der Waals surface area (Å²) < 4.78 is 2.25. The van der Waals surface area contributed by atoms with Gasteiger partial charge in [0.25, 0.3) is 0 Å². The van der Waals surface area contributed by atoms with Gasteiger partial charge in [0.15, 0.2) is 5.43 Å². The Balaban J connectivity index is 1.76. The van der Waals surface area contributed by atoms with Gasteiger partial charge in [0.05, 0.1) is 29.1 Å². The zero-order valence-corrected chi connectivity index (χ0v) is 20.2. The monoisotopic (exact) mass is 456 g/mol. The highest BCUT2D eigenvalue weighted by Gasteiger charge is 2.25. The van der Waals surface area contributed by atoms with Crippen molar-refractivity contribution < 1.29 is 5.11 Å². The Hall–Kier alpha value is -3.14. The quantitative estimate of drug-likeness (QED) is 0.451. The van der Waals surface area contributed by atoms with Crippen LogP contribution in [0.4, 0.5) is 0 Å². The highest BCUT2D eigenvalue weighted by atomic mass is 16.3. The first-order chi connectivity index (χ1) is 16.5. The third-order valence-electron chi connectivity index (χ3n) is 7.48. The number of hydrogen-bond acceptors (Lipinski definition) is 4. The number of aromatic amines is 1. The molecule has 5 rings (SSSR count). The van der Waals surface area contributed by atoms with Crippen LogP contribution >= 0.6 is 0 Å². The molecule has 6 heteroatoms. The van der Waals surface area contributed by atoms with Crippen LogP contribution in [0.15, 0.2) is 35.1 Å². The fourth-order valence-electron chi connectivity index (χ4n) is 5.78. The number of benzene rings is 2. The largest absolute Gasteiger partial charge is 0.395 e. The van der Waals surface area contributed by atoms with Gasteiger partial charge in [0, 0.05) is 28.9 Å². The molecule has 2 N–H and O–H groups in total. The Morgan fingerprint density at radius 3 is 2.59 bits per heavy atom. The van der Waals surface area contributed by atoms with Crippen molar-refractivity contribution in [1.29, 1.82) is 5.26 Å². The molecule has 0 amide bonds. The molecular formula is C28H32N4O2. The molecule has 0 spiro atoms. The van der Waals surface area contributed by atoms with Crippen molar-refractivity contribution in [3.63, 3.8) is 0 Å². The molecule has 2 aromatic heterocycles. The van der Waals surface area contributed by atoms with Crippen molar-refractivity contribution >= 4 is 32.8 Å². The second-order valence-corrected chi connectivity index (χ2v) is 9.77. The van der Waals surface area contributed by atoms with E-state index in [4.69, 9.17) is 0 Å². The molecule has 6 nitrogen and oxygen atoms in total. The van der Waals surface area contributed by atoms with E-state index in [-0.39, 0.29) is 18.1 Å². The molecule has 0 saturated carbocycles. The van der Waals surface area contributed by atoms with E-state index in [9.17, 15) is 15.2 Å². The molecule has 0 bridgehead atoms. The van der Waals surface area contributed by atoms with Gasteiger partial charge in [-0.05, 0) is 87.5 Å². The molecular weight excluding hydrogens is 424 g/mol. The zero-order chi connectivity index (χ0) is 24.0. The first kappa shape index (κ1) is 22.6. The molecule has 0 unspecified atom stereocenters. The number of nitriles is 1. The normalized spacial score (nSPS) is 15.6. The summed E-state index contributed by atoms with van der Waals surface area (Å²) in [6, 6.07) is 12.2. The number of hydrogen-bond donors (Lipinski definition) is 2. The average Bonchev–Trinajstić information content (AvgIpc) is 3.22. The van der Waals surface area contributed by atoms with E-state index in [1.54, 1.807) is 6.07 Å². The van der Waals surface area contributed by atoms with Crippen LogP contribution in [0, 0.1) is 11.3 Å². The molecule has 1 aliphatic rings. The standard InChI is InChI=1S/C28H32N4O2/c1-4-19-14-23-25(15-22(19)20-7-9-31(10-8-20)11-12-33)32(17(2)3)28-26(27(23)34)21-6-5-18(16-29)13-24(21)30-28/h5-6,13-15,17,20,30,33H,4,7-12H2,1-3H3. The number of nitrogens with zero attached hydrogens (tertiary/aromatic N) is 3. The topological polar surface area (TPSA) is 85.0 Å². The molecule has 4 aromatic rings. The van der Waals surface area contributed by atoms with Gasteiger partial charge in [0.1, 0.15) is 5.65 Å². The Morgan fingerprint density at radius 1 is 1.18 bits per heavy atom. The minimum Gasteiger partial charge on any atom is -0.395 e. The number of aromatic nitrogens is 2. The first-order valence-electron chi connectivity index (χ1n) is 12.4. The summed E-state index contributed by atoms with van der Waals surface area (Å²) in [6.07, 6.45) is 3.02. The van der Waals surface area contributed by atoms with Crippen LogP contribution in [0.2, 0.25) is 0 Å². The molecule has 176 valence electrons. The fraction of sp³-hybridized carbons (Fsp3) is 0.429. The van der Waals surface area contributed by atoms with Gasteiger partial charge in [-0.2, -0.15) is 5.26 Å². The second-order valence-electron chi connectivity index (χ2n) is 9.77. The van der Waals surface area contributed by atoms with Crippen molar-refractivity contribution in [2.45, 2.75) is 52.0 Å². The maximum absolute atomic E-state index is 13.8. The van der Waals surface area contributed by atoms with Crippen LogP contribution in [0.3, 0.4) is 0 Å². The predicted octanol–water partition coefficient (Wildman–Crippen LogP) is 4.82. The van der Waals surface area contributed by atoms with E-state index in [2.05, 4.69) is 53.4 Å². The van der Waals surface area contributed by atoms with Crippen molar-refractivity contribution in [3.8, 4) is 6.07 Å². The van der Waals surface area contributed by atoms with Crippen LogP contribution in [0.1, 0.15) is 62.3 Å². The summed E-state index contributed by atoms with van der Waals surface area (Å²) >= 11 is 0. The molecule has 0 radical (unpaired) electrons. The Morgan fingerprint density at radius 2 is 1.94 bits per heavy atom. The smallest absolute Gasteiger partial charge is 0.199 e. The summed E-state index contributed by atoms with van der Waals surface area (Å²) in [5.74, 6) is 0.460. The third kappa shape index (κ3) is 3.60. The van der Waals surface area contributed by atoms with Crippen molar-refractivity contribution in [3.05, 3.63) is 57.2 Å². The van der Waals surface area contributed by atoms with E-state index < -0.39 is 0 Å². The average molecular weight is 457 g/mol. The fourth-order valence-corrected chi connectivity index (χ4v) is 5.78. The SMILES string of the molecule is CCc1cc2c(=O)c3c4ccc(C#N)cc4[nH]c3n(C(C)C)c2cc1C1CCN(CCO)CC1. The van der Waals surface area contributed by atoms with Crippen LogP contribution in [0.25, 0.3) is 32.8 Å². The molecule has 1 saturated heterocycles. The number of pyridine rings is 1. The number of aliphatic hydroxyl groups excluding tert-OH is 1. The number of rotatable bonds is 5. The lowest BCUT2D eigenvalue weighted by Gasteiger charge is -2.33. The third-order valence-corrected chi connectivity index (χ3v) is 7.48. The van der Waals surface area contributed by atoms with Crippen LogP contribution in [-0.2, 0) is 6.42 Å². The number of nitrogens with one attached hydrogen (secondary N) is 1.